The van der Waals surface area contributed by atoms with E-state index >= 15 is 0 Å². The van der Waals surface area contributed by atoms with Crippen LogP contribution in [0.1, 0.15) is 105 Å². The molecule has 3 unspecified atom stereocenters. The van der Waals surface area contributed by atoms with Gasteiger partial charge < -0.3 is 10.4 Å². The molecule has 0 aliphatic heterocycles. The van der Waals surface area contributed by atoms with E-state index in [4.69, 9.17) is 11.6 Å². The molecule has 0 bridgehead atoms. The number of aliphatic hydroxyl groups is 1. The van der Waals surface area contributed by atoms with E-state index in [9.17, 15) is 5.11 Å². The van der Waals surface area contributed by atoms with Gasteiger partial charge in [-0.25, -0.2) is 0 Å². The number of aryl methyl sites for hydroxylation is 2. The second kappa shape index (κ2) is 13.5. The highest BCUT2D eigenvalue weighted by Gasteiger charge is 2.24. The van der Waals surface area contributed by atoms with Crippen LogP contribution in [0.5, 0.6) is 0 Å². The number of rotatable bonds is 12. The molecule has 1 aromatic carbocycles. The van der Waals surface area contributed by atoms with Gasteiger partial charge in [0.25, 0.3) is 0 Å². The average molecular weight is 554 g/mol. The van der Waals surface area contributed by atoms with Crippen molar-refractivity contribution in [3.05, 3.63) is 80.0 Å². The lowest BCUT2D eigenvalue weighted by atomic mass is 9.75. The minimum Gasteiger partial charge on any atom is -0.393 e. The zero-order valence-electron chi connectivity index (χ0n) is 24.6. The van der Waals surface area contributed by atoms with Crippen LogP contribution in [0.3, 0.4) is 0 Å². The summed E-state index contributed by atoms with van der Waals surface area (Å²) in [6.45, 7) is 20.8. The van der Waals surface area contributed by atoms with Gasteiger partial charge in [0.1, 0.15) is 0 Å². The minimum absolute atomic E-state index is 0.212. The number of aliphatic hydroxyl groups excluding tert-OH is 1. The monoisotopic (exact) mass is 553 g/mol. The number of halogens is 1. The lowest BCUT2D eigenvalue weighted by Gasteiger charge is -2.30. The first kappa shape index (κ1) is 30.7. The summed E-state index contributed by atoms with van der Waals surface area (Å²) in [5, 5.41) is 14.0. The molecule has 2 nitrogen and oxygen atoms in total. The molecule has 2 N–H and O–H groups in total. The van der Waals surface area contributed by atoms with Crippen LogP contribution in [0.25, 0.3) is 11.3 Å². The van der Waals surface area contributed by atoms with E-state index in [1.54, 1.807) is 11.3 Å². The summed E-state index contributed by atoms with van der Waals surface area (Å²) in [7, 11) is 0. The van der Waals surface area contributed by atoms with Crippen molar-refractivity contribution in [2.75, 3.05) is 6.54 Å². The van der Waals surface area contributed by atoms with E-state index in [1.165, 1.54) is 32.7 Å². The van der Waals surface area contributed by atoms with Crippen molar-refractivity contribution in [3.63, 3.8) is 0 Å². The van der Waals surface area contributed by atoms with Crippen molar-refractivity contribution in [1.82, 2.24) is 5.32 Å². The Morgan fingerprint density at radius 2 is 1.84 bits per heavy atom. The van der Waals surface area contributed by atoms with Gasteiger partial charge in [-0.15, -0.1) is 11.3 Å². The van der Waals surface area contributed by atoms with E-state index in [2.05, 4.69) is 89.9 Å². The van der Waals surface area contributed by atoms with Gasteiger partial charge in [0.05, 0.1) is 16.0 Å². The highest BCUT2D eigenvalue weighted by molar-refractivity contribution is 7.13. The quantitative estimate of drug-likeness (QED) is 0.256. The molecule has 4 heteroatoms. The molecule has 3 atom stereocenters. The molecule has 1 aliphatic rings. The topological polar surface area (TPSA) is 32.3 Å². The molecule has 3 rings (SSSR count). The number of thiophene rings is 1. The molecule has 2 aromatic rings. The Labute approximate surface area is 240 Å². The zero-order valence-corrected chi connectivity index (χ0v) is 26.2. The Morgan fingerprint density at radius 1 is 1.16 bits per heavy atom. The molecule has 1 heterocycles. The normalized spacial score (nSPS) is 17.3. The average Bonchev–Trinajstić information content (AvgIpc) is 3.25. The highest BCUT2D eigenvalue weighted by atomic mass is 35.5. The van der Waals surface area contributed by atoms with Gasteiger partial charge in [-0.05, 0) is 104 Å². The lowest BCUT2D eigenvalue weighted by Crippen LogP contribution is -2.19. The SMILES string of the molecule is C=C(NCCCC(O)CC)c1cc(Cl)c(C(CC)Cc2cc(C)c(C3=CCC(C(C)(C)C)C=C3)c(C)c2)s1. The summed E-state index contributed by atoms with van der Waals surface area (Å²) in [5.74, 6) is 0.969. The zero-order chi connectivity index (χ0) is 28.0. The molecule has 1 aliphatic carbocycles. The molecule has 0 radical (unpaired) electrons. The molecule has 208 valence electrons. The van der Waals surface area contributed by atoms with Gasteiger partial charge in [-0.1, -0.05) is 83.2 Å². The first-order valence-electron chi connectivity index (χ1n) is 14.3. The third-order valence-corrected chi connectivity index (χ3v) is 9.76. The Kier molecular flexibility index (Phi) is 10.9. The fraction of sp³-hybridized carbons (Fsp3) is 0.529. The summed E-state index contributed by atoms with van der Waals surface area (Å²) < 4.78 is 0. The van der Waals surface area contributed by atoms with E-state index in [0.717, 1.165) is 60.7 Å². The van der Waals surface area contributed by atoms with E-state index in [1.807, 2.05) is 6.92 Å². The van der Waals surface area contributed by atoms with E-state index in [0.29, 0.717) is 17.3 Å². The van der Waals surface area contributed by atoms with Gasteiger partial charge in [0, 0.05) is 17.1 Å². The largest absolute Gasteiger partial charge is 0.393 e. The van der Waals surface area contributed by atoms with Crippen molar-refractivity contribution in [3.8, 4) is 0 Å². The molecule has 0 saturated carbocycles. The third-order valence-electron chi connectivity index (χ3n) is 7.97. The first-order chi connectivity index (χ1) is 17.9. The van der Waals surface area contributed by atoms with Crippen LogP contribution >= 0.6 is 22.9 Å². The lowest BCUT2D eigenvalue weighted by molar-refractivity contribution is 0.158. The van der Waals surface area contributed by atoms with Crippen LogP contribution in [-0.4, -0.2) is 17.8 Å². The number of benzene rings is 1. The molecule has 1 aromatic heterocycles. The summed E-state index contributed by atoms with van der Waals surface area (Å²) in [5.41, 5.74) is 8.04. The van der Waals surface area contributed by atoms with Crippen LogP contribution in [-0.2, 0) is 6.42 Å². The standard InChI is InChI=1S/C34H48ClNOS/c1-9-26(33-30(35)21-31(38-33)24(5)36-17-11-12-29(37)10-2)20-25-18-22(3)32(23(4)19-25)27-13-15-28(16-14-27)34(6,7)8/h13-15,18-19,21,26,28-29,36-37H,5,9-12,16-17,20H2,1-4,6-8H3. The molecular weight excluding hydrogens is 506 g/mol. The van der Waals surface area contributed by atoms with Crippen LogP contribution in [0, 0.1) is 25.2 Å². The van der Waals surface area contributed by atoms with Crippen LogP contribution in [0.4, 0.5) is 0 Å². The molecule has 0 saturated heterocycles. The Hall–Kier alpha value is -1.81. The predicted octanol–water partition coefficient (Wildman–Crippen LogP) is 9.87. The van der Waals surface area contributed by atoms with Crippen molar-refractivity contribution in [2.45, 2.75) is 99.0 Å². The van der Waals surface area contributed by atoms with Crippen LogP contribution in [0.2, 0.25) is 5.02 Å². The Balaban J connectivity index is 1.70. The Bertz CT molecular complexity index is 1140. The van der Waals surface area contributed by atoms with Crippen molar-refractivity contribution >= 4 is 34.2 Å². The fourth-order valence-corrected chi connectivity index (χ4v) is 7.09. The summed E-state index contributed by atoms with van der Waals surface area (Å²) in [4.78, 5) is 2.35. The maximum Gasteiger partial charge on any atom is 0.0555 e. The minimum atomic E-state index is -0.212. The highest BCUT2D eigenvalue weighted by Crippen LogP contribution is 2.40. The summed E-state index contributed by atoms with van der Waals surface area (Å²) in [6, 6.07) is 6.82. The number of hydrogen-bond donors (Lipinski definition) is 2. The second-order valence-electron chi connectivity index (χ2n) is 12.1. The second-order valence-corrected chi connectivity index (χ2v) is 13.6. The fourth-order valence-electron chi connectivity index (χ4n) is 5.46. The van der Waals surface area contributed by atoms with Crippen molar-refractivity contribution < 1.29 is 5.11 Å². The third kappa shape index (κ3) is 7.87. The Morgan fingerprint density at radius 3 is 2.39 bits per heavy atom. The van der Waals surface area contributed by atoms with Gasteiger partial charge in [0.15, 0.2) is 0 Å². The number of nitrogens with one attached hydrogen (secondary N) is 1. The van der Waals surface area contributed by atoms with Gasteiger partial charge in [0.2, 0.25) is 0 Å². The molecule has 0 amide bonds. The van der Waals surface area contributed by atoms with Gasteiger partial charge in [-0.3, -0.25) is 0 Å². The van der Waals surface area contributed by atoms with Crippen LogP contribution in [0.15, 0.2) is 43.0 Å². The van der Waals surface area contributed by atoms with Crippen molar-refractivity contribution in [1.29, 1.82) is 0 Å². The summed E-state index contributed by atoms with van der Waals surface area (Å²) >= 11 is 8.54. The predicted molar refractivity (Wildman–Crippen MR) is 169 cm³/mol. The van der Waals surface area contributed by atoms with Crippen molar-refractivity contribution in [2.24, 2.45) is 11.3 Å². The van der Waals surface area contributed by atoms with E-state index < -0.39 is 0 Å². The number of allylic oxidation sites excluding steroid dienone is 4. The molecule has 0 spiro atoms. The first-order valence-corrected chi connectivity index (χ1v) is 15.5. The maximum absolute atomic E-state index is 9.77. The maximum atomic E-state index is 9.77. The molecule has 38 heavy (non-hydrogen) atoms. The smallest absolute Gasteiger partial charge is 0.0555 e. The van der Waals surface area contributed by atoms with Crippen LogP contribution < -0.4 is 5.32 Å². The van der Waals surface area contributed by atoms with Gasteiger partial charge in [-0.2, -0.15) is 0 Å². The molecular formula is C34H48ClNOS. The van der Waals surface area contributed by atoms with Gasteiger partial charge >= 0.3 is 0 Å². The molecule has 0 fully saturated rings. The number of hydrogen-bond acceptors (Lipinski definition) is 3. The van der Waals surface area contributed by atoms with E-state index in [-0.39, 0.29) is 6.10 Å². The summed E-state index contributed by atoms with van der Waals surface area (Å²) in [6.07, 6.45) is 12.6.